The lowest BCUT2D eigenvalue weighted by Gasteiger charge is -2.06. The monoisotopic (exact) mass is 222 g/mol. The minimum Gasteiger partial charge on any atom is -0.464 e. The largest absolute Gasteiger partial charge is 0.464 e. The van der Waals surface area contributed by atoms with E-state index in [4.69, 9.17) is 0 Å². The first kappa shape index (κ1) is 12.0. The first-order chi connectivity index (χ1) is 7.70. The third-order valence-corrected chi connectivity index (χ3v) is 1.78. The Bertz CT molecular complexity index is 391. The molecule has 6 nitrogen and oxygen atoms in total. The number of ether oxygens (including phenoxy) is 1. The summed E-state index contributed by atoms with van der Waals surface area (Å²) in [6.07, 6.45) is 1.39. The van der Waals surface area contributed by atoms with Crippen LogP contribution in [0.3, 0.4) is 0 Å². The van der Waals surface area contributed by atoms with Gasteiger partial charge in [0, 0.05) is 6.20 Å². The molecule has 0 amide bonds. The van der Waals surface area contributed by atoms with E-state index in [0.29, 0.717) is 0 Å². The van der Waals surface area contributed by atoms with E-state index in [1.165, 1.54) is 12.3 Å². The molecule has 0 aliphatic carbocycles. The van der Waals surface area contributed by atoms with Crippen molar-refractivity contribution in [2.45, 2.75) is 13.0 Å². The SMILES string of the molecule is CCOC(=O)C(N=O)C(=O)c1ccccn1. The topological polar surface area (TPSA) is 85.7 Å². The lowest BCUT2D eigenvalue weighted by atomic mass is 10.1. The molecule has 1 rings (SSSR count). The summed E-state index contributed by atoms with van der Waals surface area (Å²) < 4.78 is 4.56. The zero-order chi connectivity index (χ0) is 12.0. The number of ketones is 1. The second kappa shape index (κ2) is 5.69. The predicted molar refractivity (Wildman–Crippen MR) is 54.8 cm³/mol. The number of nitrogens with zero attached hydrogens (tertiary/aromatic N) is 2. The molecule has 0 saturated heterocycles. The minimum atomic E-state index is -1.67. The average molecular weight is 222 g/mol. The van der Waals surface area contributed by atoms with Crippen LogP contribution in [0, 0.1) is 4.91 Å². The Hall–Kier alpha value is -2.11. The van der Waals surface area contributed by atoms with Crippen LogP contribution < -0.4 is 0 Å². The maximum Gasteiger partial charge on any atom is 0.342 e. The van der Waals surface area contributed by atoms with Crippen LogP contribution in [0.4, 0.5) is 0 Å². The Morgan fingerprint density at radius 1 is 1.50 bits per heavy atom. The van der Waals surface area contributed by atoms with Crippen molar-refractivity contribution in [2.75, 3.05) is 6.61 Å². The minimum absolute atomic E-state index is 0.0140. The van der Waals surface area contributed by atoms with Gasteiger partial charge in [0.2, 0.25) is 5.78 Å². The zero-order valence-electron chi connectivity index (χ0n) is 8.62. The zero-order valence-corrected chi connectivity index (χ0v) is 8.62. The fourth-order valence-electron chi connectivity index (χ4n) is 1.07. The van der Waals surface area contributed by atoms with Gasteiger partial charge in [0.15, 0.2) is 0 Å². The summed E-state index contributed by atoms with van der Waals surface area (Å²) in [5.74, 6) is -1.71. The number of carbonyl (C=O) groups excluding carboxylic acids is 2. The van der Waals surface area contributed by atoms with E-state index in [2.05, 4.69) is 14.9 Å². The summed E-state index contributed by atoms with van der Waals surface area (Å²) in [6, 6.07) is 2.92. The van der Waals surface area contributed by atoms with Crippen molar-refractivity contribution in [2.24, 2.45) is 5.18 Å². The number of Topliss-reactive ketones (excluding diaryl/α,β-unsaturated/α-hetero) is 1. The fourth-order valence-corrected chi connectivity index (χ4v) is 1.07. The summed E-state index contributed by atoms with van der Waals surface area (Å²) in [5, 5.41) is 2.47. The summed E-state index contributed by atoms with van der Waals surface area (Å²) in [4.78, 5) is 37.0. The number of hydrogen-bond acceptors (Lipinski definition) is 6. The highest BCUT2D eigenvalue weighted by atomic mass is 16.5. The van der Waals surface area contributed by atoms with Gasteiger partial charge in [-0.25, -0.2) is 4.79 Å². The standard InChI is InChI=1S/C10H10N2O4/c1-2-16-10(14)8(12-15)9(13)7-5-3-4-6-11-7/h3-6,8H,2H2,1H3. The highest BCUT2D eigenvalue weighted by Gasteiger charge is 2.30. The van der Waals surface area contributed by atoms with Gasteiger partial charge < -0.3 is 4.74 Å². The molecule has 1 atom stereocenters. The molecule has 0 aliphatic rings. The van der Waals surface area contributed by atoms with Crippen LogP contribution in [-0.4, -0.2) is 29.4 Å². The maximum atomic E-state index is 11.6. The van der Waals surface area contributed by atoms with Crippen LogP contribution in [0.1, 0.15) is 17.4 Å². The number of esters is 1. The average Bonchev–Trinajstić information content (AvgIpc) is 2.31. The molecule has 1 aromatic heterocycles. The molecular weight excluding hydrogens is 212 g/mol. The molecule has 0 N–H and O–H groups in total. The van der Waals surface area contributed by atoms with E-state index in [9.17, 15) is 14.5 Å². The van der Waals surface area contributed by atoms with E-state index in [-0.39, 0.29) is 12.3 Å². The normalized spacial score (nSPS) is 11.6. The smallest absolute Gasteiger partial charge is 0.342 e. The molecule has 84 valence electrons. The first-order valence-corrected chi connectivity index (χ1v) is 4.65. The fraction of sp³-hybridized carbons (Fsp3) is 0.300. The Morgan fingerprint density at radius 2 is 2.25 bits per heavy atom. The first-order valence-electron chi connectivity index (χ1n) is 4.65. The summed E-state index contributed by atoms with van der Waals surface area (Å²) in [7, 11) is 0. The van der Waals surface area contributed by atoms with Gasteiger partial charge in [0.1, 0.15) is 5.69 Å². The molecule has 6 heteroatoms. The van der Waals surface area contributed by atoms with Gasteiger partial charge in [-0.05, 0) is 24.2 Å². The molecule has 0 spiro atoms. The lowest BCUT2D eigenvalue weighted by molar-refractivity contribution is -0.143. The highest BCUT2D eigenvalue weighted by Crippen LogP contribution is 2.05. The third-order valence-electron chi connectivity index (χ3n) is 1.78. The van der Waals surface area contributed by atoms with E-state index in [1.807, 2.05) is 0 Å². The Kier molecular flexibility index (Phi) is 4.26. The number of carbonyl (C=O) groups is 2. The Morgan fingerprint density at radius 3 is 2.75 bits per heavy atom. The summed E-state index contributed by atoms with van der Waals surface area (Å²) >= 11 is 0. The number of hydrogen-bond donors (Lipinski definition) is 0. The molecule has 0 fully saturated rings. The molecule has 0 saturated carbocycles. The van der Waals surface area contributed by atoms with Crippen LogP contribution in [0.5, 0.6) is 0 Å². The van der Waals surface area contributed by atoms with Gasteiger partial charge in [0.25, 0.3) is 6.04 Å². The molecule has 0 radical (unpaired) electrons. The lowest BCUT2D eigenvalue weighted by Crippen LogP contribution is -2.30. The molecule has 16 heavy (non-hydrogen) atoms. The Balaban J connectivity index is 2.86. The number of nitroso groups, excluding NO2 is 1. The van der Waals surface area contributed by atoms with Gasteiger partial charge in [-0.1, -0.05) is 6.07 Å². The number of aromatic nitrogens is 1. The second-order valence-electron chi connectivity index (χ2n) is 2.84. The highest BCUT2D eigenvalue weighted by molar-refractivity contribution is 6.11. The van der Waals surface area contributed by atoms with Crippen LogP contribution in [0.25, 0.3) is 0 Å². The number of rotatable bonds is 5. The van der Waals surface area contributed by atoms with Crippen LogP contribution in [0.2, 0.25) is 0 Å². The summed E-state index contributed by atoms with van der Waals surface area (Å²) in [6.45, 7) is 1.66. The van der Waals surface area contributed by atoms with Crippen molar-refractivity contribution in [1.82, 2.24) is 4.98 Å². The van der Waals surface area contributed by atoms with Gasteiger partial charge >= 0.3 is 5.97 Å². The number of pyridine rings is 1. The van der Waals surface area contributed by atoms with Crippen molar-refractivity contribution in [3.8, 4) is 0 Å². The predicted octanol–water partition coefficient (Wildman–Crippen LogP) is 0.962. The third kappa shape index (κ3) is 2.69. The molecule has 0 bridgehead atoms. The Labute approximate surface area is 91.6 Å². The van der Waals surface area contributed by atoms with Crippen molar-refractivity contribution in [1.29, 1.82) is 0 Å². The van der Waals surface area contributed by atoms with E-state index < -0.39 is 17.8 Å². The summed E-state index contributed by atoms with van der Waals surface area (Å²) in [5.41, 5.74) is 0.0140. The molecule has 1 aromatic rings. The van der Waals surface area contributed by atoms with E-state index >= 15 is 0 Å². The molecule has 1 heterocycles. The van der Waals surface area contributed by atoms with Crippen LogP contribution in [-0.2, 0) is 9.53 Å². The van der Waals surface area contributed by atoms with Crippen molar-refractivity contribution < 1.29 is 14.3 Å². The van der Waals surface area contributed by atoms with Gasteiger partial charge in [-0.15, -0.1) is 4.91 Å². The van der Waals surface area contributed by atoms with Gasteiger partial charge in [0.05, 0.1) is 6.61 Å². The van der Waals surface area contributed by atoms with E-state index in [1.54, 1.807) is 19.1 Å². The van der Waals surface area contributed by atoms with E-state index in [0.717, 1.165) is 0 Å². The van der Waals surface area contributed by atoms with Crippen molar-refractivity contribution in [3.05, 3.63) is 35.0 Å². The van der Waals surface area contributed by atoms with Crippen LogP contribution in [0.15, 0.2) is 29.6 Å². The van der Waals surface area contributed by atoms with Gasteiger partial charge in [-0.3, -0.25) is 9.78 Å². The molecule has 0 aliphatic heterocycles. The van der Waals surface area contributed by atoms with Crippen molar-refractivity contribution in [3.63, 3.8) is 0 Å². The molecule has 0 aromatic carbocycles. The van der Waals surface area contributed by atoms with Crippen LogP contribution >= 0.6 is 0 Å². The molecule has 1 unspecified atom stereocenters. The second-order valence-corrected chi connectivity index (χ2v) is 2.84. The quantitative estimate of drug-likeness (QED) is 0.320. The van der Waals surface area contributed by atoms with Gasteiger partial charge in [-0.2, -0.15) is 0 Å². The molecular formula is C10H10N2O4. The van der Waals surface area contributed by atoms with Crippen molar-refractivity contribution >= 4 is 11.8 Å². The maximum absolute atomic E-state index is 11.6.